The molecule has 0 aliphatic carbocycles. The molecule has 11 heteroatoms. The molecule has 228 valence electrons. The van der Waals surface area contributed by atoms with Crippen LogP contribution >= 0.6 is 0 Å². The Morgan fingerprint density at radius 1 is 0.932 bits per heavy atom. The fourth-order valence-electron chi connectivity index (χ4n) is 6.00. The van der Waals surface area contributed by atoms with Crippen molar-refractivity contribution in [2.24, 2.45) is 5.73 Å². The van der Waals surface area contributed by atoms with E-state index in [9.17, 15) is 18.7 Å². The standard InChI is InChI=1S/C23H25F2N5O2.C10H10N2/c24-16-5-4-15(13-17(16)25)6-8-28-9-11-29(12-10-28)23-26-14-19-21(27-23)20(22(31)32)18-3-1-2-7-30(18)19;11-7-9-6-5-8-3-1-2-4-10(8)12-9/h4-5,13-14H,1-3,6-12H2,(H,31,32);1-6H,7,11H2. The summed E-state index contributed by atoms with van der Waals surface area (Å²) in [6.07, 6.45) is 5.18. The van der Waals surface area contributed by atoms with Gasteiger partial charge >= 0.3 is 5.97 Å². The van der Waals surface area contributed by atoms with E-state index in [1.165, 1.54) is 12.1 Å². The summed E-state index contributed by atoms with van der Waals surface area (Å²) in [7, 11) is 0. The Labute approximate surface area is 254 Å². The van der Waals surface area contributed by atoms with Gasteiger partial charge < -0.3 is 20.3 Å². The van der Waals surface area contributed by atoms with Gasteiger partial charge in [0.2, 0.25) is 5.95 Å². The number of carboxylic acids is 1. The summed E-state index contributed by atoms with van der Waals surface area (Å²) in [6.45, 7) is 5.10. The van der Waals surface area contributed by atoms with Gasteiger partial charge in [0.25, 0.3) is 0 Å². The largest absolute Gasteiger partial charge is 0.478 e. The van der Waals surface area contributed by atoms with Crippen molar-refractivity contribution in [3.05, 3.63) is 94.9 Å². The zero-order chi connectivity index (χ0) is 30.6. The van der Waals surface area contributed by atoms with Gasteiger partial charge in [-0.1, -0.05) is 30.3 Å². The molecule has 1 fully saturated rings. The number of carbonyl (C=O) groups is 1. The molecule has 3 N–H and O–H groups in total. The molecule has 0 atom stereocenters. The lowest BCUT2D eigenvalue weighted by Crippen LogP contribution is -2.47. The van der Waals surface area contributed by atoms with Gasteiger partial charge in [0.15, 0.2) is 11.6 Å². The quantitative estimate of drug-likeness (QED) is 0.286. The number of rotatable bonds is 6. The fraction of sp³-hybridized carbons (Fsp3) is 0.333. The third kappa shape index (κ3) is 6.24. The zero-order valence-electron chi connectivity index (χ0n) is 24.4. The van der Waals surface area contributed by atoms with Gasteiger partial charge in [-0.3, -0.25) is 9.88 Å². The summed E-state index contributed by atoms with van der Waals surface area (Å²) in [5, 5.41) is 11.0. The molecule has 0 unspecified atom stereocenters. The molecule has 2 aliphatic heterocycles. The van der Waals surface area contributed by atoms with Crippen LogP contribution in [0, 0.1) is 11.6 Å². The lowest BCUT2D eigenvalue weighted by Gasteiger charge is -2.34. The molecule has 0 saturated carbocycles. The first-order valence-electron chi connectivity index (χ1n) is 15.0. The van der Waals surface area contributed by atoms with Gasteiger partial charge in [0.1, 0.15) is 11.1 Å². The lowest BCUT2D eigenvalue weighted by molar-refractivity contribution is 0.0697. The van der Waals surface area contributed by atoms with Crippen molar-refractivity contribution in [1.82, 2.24) is 24.4 Å². The van der Waals surface area contributed by atoms with Crippen molar-refractivity contribution in [3.63, 3.8) is 0 Å². The minimum atomic E-state index is -0.933. The lowest BCUT2D eigenvalue weighted by atomic mass is 10.1. The van der Waals surface area contributed by atoms with E-state index in [0.29, 0.717) is 30.0 Å². The van der Waals surface area contributed by atoms with Crippen LogP contribution in [0.1, 0.15) is 40.2 Å². The number of pyridine rings is 1. The highest BCUT2D eigenvalue weighted by atomic mass is 19.2. The average molecular weight is 600 g/mol. The van der Waals surface area contributed by atoms with E-state index in [1.807, 2.05) is 36.4 Å². The number of nitrogens with two attached hydrogens (primary N) is 1. The van der Waals surface area contributed by atoms with Crippen LogP contribution < -0.4 is 10.6 Å². The summed E-state index contributed by atoms with van der Waals surface area (Å²) in [5.74, 6) is -2.01. The Morgan fingerprint density at radius 3 is 2.52 bits per heavy atom. The Hall–Kier alpha value is -4.48. The number of anilines is 1. The van der Waals surface area contributed by atoms with Crippen LogP contribution in [0.4, 0.5) is 14.7 Å². The van der Waals surface area contributed by atoms with Crippen molar-refractivity contribution >= 4 is 33.9 Å². The molecule has 44 heavy (non-hydrogen) atoms. The first-order chi connectivity index (χ1) is 21.4. The molecule has 0 radical (unpaired) electrons. The Balaban J connectivity index is 0.000000238. The number of hydrogen-bond donors (Lipinski definition) is 2. The number of para-hydroxylation sites is 1. The van der Waals surface area contributed by atoms with Gasteiger partial charge in [0.05, 0.1) is 22.9 Å². The number of aromatic nitrogens is 4. The Morgan fingerprint density at radius 2 is 1.75 bits per heavy atom. The normalized spacial score (nSPS) is 15.2. The molecule has 5 aromatic rings. The third-order valence-corrected chi connectivity index (χ3v) is 8.38. The Kier molecular flexibility index (Phi) is 8.76. The number of fused-ring (bicyclic) bond motifs is 4. The molecule has 1 saturated heterocycles. The molecule has 2 aliphatic rings. The van der Waals surface area contributed by atoms with Crippen LogP contribution in [0.15, 0.2) is 60.8 Å². The number of hydrogen-bond acceptors (Lipinski definition) is 7. The van der Waals surface area contributed by atoms with Crippen LogP contribution in [-0.2, 0) is 25.9 Å². The summed E-state index contributed by atoms with van der Waals surface area (Å²) in [5.41, 5.74) is 10.7. The second-order valence-electron chi connectivity index (χ2n) is 11.2. The highest BCUT2D eigenvalue weighted by molar-refractivity contribution is 6.03. The van der Waals surface area contributed by atoms with Crippen LogP contribution in [0.3, 0.4) is 0 Å². The fourth-order valence-corrected chi connectivity index (χ4v) is 6.00. The van der Waals surface area contributed by atoms with E-state index < -0.39 is 17.6 Å². The smallest absolute Gasteiger partial charge is 0.339 e. The Bertz CT molecular complexity index is 1800. The van der Waals surface area contributed by atoms with Gasteiger partial charge in [-0.05, 0) is 55.5 Å². The van der Waals surface area contributed by atoms with Crippen molar-refractivity contribution in [3.8, 4) is 0 Å². The first-order valence-corrected chi connectivity index (χ1v) is 15.0. The van der Waals surface area contributed by atoms with Gasteiger partial charge in [-0.25, -0.2) is 23.5 Å². The molecule has 0 bridgehead atoms. The van der Waals surface area contributed by atoms with E-state index in [0.717, 1.165) is 91.9 Å². The van der Waals surface area contributed by atoms with Gasteiger partial charge in [-0.15, -0.1) is 0 Å². The monoisotopic (exact) mass is 599 g/mol. The number of carboxylic acid groups (broad SMARTS) is 1. The van der Waals surface area contributed by atoms with E-state index in [2.05, 4.69) is 29.3 Å². The predicted octanol–water partition coefficient (Wildman–Crippen LogP) is 4.80. The van der Waals surface area contributed by atoms with Crippen LogP contribution in [0.2, 0.25) is 0 Å². The number of halogens is 2. The van der Waals surface area contributed by atoms with E-state index in [-0.39, 0.29) is 0 Å². The maximum absolute atomic E-state index is 13.4. The number of aryl methyl sites for hydroxylation is 1. The summed E-state index contributed by atoms with van der Waals surface area (Å²) in [6, 6.07) is 16.1. The SMILES string of the molecule is NCc1ccc2ccccc2n1.O=C(O)c1c2n(c3cnc(N4CCN(CCc5ccc(F)c(F)c5)CC4)nc13)CCCC2. The highest BCUT2D eigenvalue weighted by Gasteiger charge is 2.27. The minimum absolute atomic E-state index is 0.313. The molecule has 3 aromatic heterocycles. The van der Waals surface area contributed by atoms with E-state index >= 15 is 0 Å². The molecule has 0 spiro atoms. The highest BCUT2D eigenvalue weighted by Crippen LogP contribution is 2.30. The molecule has 2 aromatic carbocycles. The predicted molar refractivity (Wildman–Crippen MR) is 166 cm³/mol. The molecule has 0 amide bonds. The van der Waals surface area contributed by atoms with Crippen LogP contribution in [0.25, 0.3) is 21.9 Å². The minimum Gasteiger partial charge on any atom is -0.478 e. The maximum atomic E-state index is 13.4. The second kappa shape index (κ2) is 13.0. The summed E-state index contributed by atoms with van der Waals surface area (Å²) >= 11 is 0. The van der Waals surface area contributed by atoms with Crippen molar-refractivity contribution in [2.75, 3.05) is 37.6 Å². The zero-order valence-corrected chi connectivity index (χ0v) is 24.4. The molecule has 5 heterocycles. The van der Waals surface area contributed by atoms with E-state index in [4.69, 9.17) is 5.73 Å². The van der Waals surface area contributed by atoms with Gasteiger partial charge in [-0.2, -0.15) is 0 Å². The molecule has 9 nitrogen and oxygen atoms in total. The van der Waals surface area contributed by atoms with Gasteiger partial charge in [0, 0.05) is 56.9 Å². The van der Waals surface area contributed by atoms with Crippen LogP contribution in [-0.4, -0.2) is 68.2 Å². The summed E-state index contributed by atoms with van der Waals surface area (Å²) in [4.78, 5) is 29.9. The molecule has 7 rings (SSSR count). The topological polar surface area (TPSA) is 113 Å². The van der Waals surface area contributed by atoms with E-state index in [1.54, 1.807) is 12.3 Å². The molecular weight excluding hydrogens is 564 g/mol. The van der Waals surface area contributed by atoms with Crippen molar-refractivity contribution in [1.29, 1.82) is 0 Å². The first kappa shape index (κ1) is 29.6. The maximum Gasteiger partial charge on any atom is 0.339 e. The number of benzene rings is 2. The summed E-state index contributed by atoms with van der Waals surface area (Å²) < 4.78 is 28.6. The van der Waals surface area contributed by atoms with Crippen molar-refractivity contribution < 1.29 is 18.7 Å². The number of piperazine rings is 1. The third-order valence-electron chi connectivity index (χ3n) is 8.38. The van der Waals surface area contributed by atoms with Crippen LogP contribution in [0.5, 0.6) is 0 Å². The second-order valence-corrected chi connectivity index (χ2v) is 11.2. The number of aromatic carboxylic acids is 1. The van der Waals surface area contributed by atoms with Crippen molar-refractivity contribution in [2.45, 2.75) is 38.8 Å². The molecular formula is C33H35F2N7O2. The average Bonchev–Trinajstić information content (AvgIpc) is 3.39. The number of nitrogens with zero attached hydrogens (tertiary/aromatic N) is 6.